The van der Waals surface area contributed by atoms with Crippen molar-refractivity contribution in [3.63, 3.8) is 0 Å². The Labute approximate surface area is 193 Å². The van der Waals surface area contributed by atoms with Gasteiger partial charge in [-0.15, -0.1) is 0 Å². The molecule has 0 aliphatic carbocycles. The smallest absolute Gasteiger partial charge is 0.338 e. The lowest BCUT2D eigenvalue weighted by molar-refractivity contribution is -0.135. The number of benzene rings is 1. The summed E-state index contributed by atoms with van der Waals surface area (Å²) in [7, 11) is 0. The monoisotopic (exact) mass is 462 g/mol. The molecule has 0 aromatic heterocycles. The van der Waals surface area contributed by atoms with Gasteiger partial charge in [0.15, 0.2) is 0 Å². The molecule has 2 aliphatic heterocycles. The molecule has 7 nitrogen and oxygen atoms in total. The minimum Gasteiger partial charge on any atom is -0.506 e. The molecule has 32 heavy (non-hydrogen) atoms. The van der Waals surface area contributed by atoms with E-state index in [2.05, 4.69) is 6.92 Å². The predicted octanol–water partition coefficient (Wildman–Crippen LogP) is 3.91. The van der Waals surface area contributed by atoms with Crippen LogP contribution in [-0.2, 0) is 16.0 Å². The minimum atomic E-state index is -0.509. The number of cyclic esters (lactones) is 1. The van der Waals surface area contributed by atoms with Crippen LogP contribution in [0.4, 0.5) is 0 Å². The highest BCUT2D eigenvalue weighted by Gasteiger charge is 2.19. The van der Waals surface area contributed by atoms with Gasteiger partial charge in [-0.1, -0.05) is 36.8 Å². The molecule has 2 heterocycles. The van der Waals surface area contributed by atoms with Gasteiger partial charge in [-0.2, -0.15) is 0 Å². The van der Waals surface area contributed by atoms with Crippen molar-refractivity contribution in [2.24, 2.45) is 5.92 Å². The summed E-state index contributed by atoms with van der Waals surface area (Å²) >= 11 is 6.10. The van der Waals surface area contributed by atoms with Crippen LogP contribution in [0.1, 0.15) is 48.5 Å². The molecule has 174 valence electrons. The molecule has 1 atom stereocenters. The molecule has 1 unspecified atom stereocenters. The third-order valence-electron chi connectivity index (χ3n) is 5.26. The predicted molar refractivity (Wildman–Crippen MR) is 124 cm³/mol. The molecule has 3 N–H and O–H groups in total. The number of nitrogens with one attached hydrogen (secondary N) is 1. The maximum absolute atomic E-state index is 12.2. The number of esters is 1. The number of phenolic OH excluding ortho intramolecular Hbond substituents is 1. The summed E-state index contributed by atoms with van der Waals surface area (Å²) in [5, 5.41) is 26.3. The van der Waals surface area contributed by atoms with Gasteiger partial charge in [0, 0.05) is 25.2 Å². The van der Waals surface area contributed by atoms with E-state index < -0.39 is 5.97 Å². The number of hydrogen-bond donors (Lipinski definition) is 3. The van der Waals surface area contributed by atoms with Gasteiger partial charge >= 0.3 is 5.97 Å². The van der Waals surface area contributed by atoms with Crippen LogP contribution in [-0.4, -0.2) is 59.0 Å². The number of amides is 1. The Balaban J connectivity index is 0.000000303. The van der Waals surface area contributed by atoms with Crippen molar-refractivity contribution in [2.75, 3.05) is 26.3 Å². The summed E-state index contributed by atoms with van der Waals surface area (Å²) in [5.74, 6) is -0.439. The molecule has 1 saturated heterocycles. The quantitative estimate of drug-likeness (QED) is 0.433. The number of rotatable bonds is 1. The van der Waals surface area contributed by atoms with E-state index in [0.29, 0.717) is 17.2 Å². The number of nitrogens with zero attached hydrogens (tertiary/aromatic N) is 1. The molecule has 1 fully saturated rings. The second-order valence-electron chi connectivity index (χ2n) is 7.87. The number of aromatic hydroxyl groups is 1. The lowest BCUT2D eigenvalue weighted by atomic mass is 10.0. The molecular weight excluding hydrogens is 432 g/mol. The largest absolute Gasteiger partial charge is 0.506 e. The van der Waals surface area contributed by atoms with E-state index in [9.17, 15) is 14.7 Å². The zero-order valence-corrected chi connectivity index (χ0v) is 19.1. The average molecular weight is 463 g/mol. The zero-order chi connectivity index (χ0) is 23.5. The van der Waals surface area contributed by atoms with Crippen molar-refractivity contribution in [2.45, 2.75) is 39.0 Å². The number of likely N-dealkylation sites (tertiary alicyclic amines) is 1. The number of halogens is 1. The van der Waals surface area contributed by atoms with Crippen LogP contribution in [0.15, 0.2) is 36.4 Å². The SMILES string of the molecule is CC1/C=C/COC(=O)c2ccc(O)c(Cl)c2CC(=N)/C=C/C1.O=C(CO)N1CCCCC1. The highest BCUT2D eigenvalue weighted by atomic mass is 35.5. The van der Waals surface area contributed by atoms with Gasteiger partial charge in [-0.3, -0.25) is 4.79 Å². The molecule has 1 aromatic carbocycles. The van der Waals surface area contributed by atoms with Crippen molar-refractivity contribution < 1.29 is 24.5 Å². The topological polar surface area (TPSA) is 111 Å². The number of fused-ring (bicyclic) bond motifs is 1. The first-order chi connectivity index (χ1) is 15.3. The molecular formula is C24H31ClN2O5. The molecule has 1 amide bonds. The first kappa shape index (κ1) is 25.6. The number of hydrogen-bond acceptors (Lipinski definition) is 6. The number of carbonyl (C=O) groups excluding carboxylic acids is 2. The maximum atomic E-state index is 12.2. The fraction of sp³-hybridized carbons (Fsp3) is 0.458. The van der Waals surface area contributed by atoms with Gasteiger partial charge in [0.05, 0.1) is 10.6 Å². The molecule has 3 rings (SSSR count). The molecule has 0 spiro atoms. The molecule has 2 aliphatic rings. The van der Waals surface area contributed by atoms with E-state index in [-0.39, 0.29) is 41.9 Å². The first-order valence-electron chi connectivity index (χ1n) is 10.8. The van der Waals surface area contributed by atoms with Gasteiger partial charge in [0.2, 0.25) is 5.91 Å². The van der Waals surface area contributed by atoms with Crippen molar-refractivity contribution in [1.82, 2.24) is 4.90 Å². The summed E-state index contributed by atoms with van der Waals surface area (Å²) in [5.41, 5.74) is 1.01. The van der Waals surface area contributed by atoms with E-state index in [1.165, 1.54) is 18.6 Å². The Hall–Kier alpha value is -2.64. The second-order valence-corrected chi connectivity index (χ2v) is 8.25. The number of carbonyl (C=O) groups is 2. The number of ether oxygens (including phenoxy) is 1. The van der Waals surface area contributed by atoms with Gasteiger partial charge in [-0.25, -0.2) is 4.79 Å². The van der Waals surface area contributed by atoms with Crippen LogP contribution in [0.5, 0.6) is 5.75 Å². The Morgan fingerprint density at radius 3 is 2.66 bits per heavy atom. The molecule has 0 saturated carbocycles. The lowest BCUT2D eigenvalue weighted by Crippen LogP contribution is -2.37. The van der Waals surface area contributed by atoms with Crippen LogP contribution >= 0.6 is 11.6 Å². The maximum Gasteiger partial charge on any atom is 0.338 e. The third-order valence-corrected chi connectivity index (χ3v) is 5.68. The van der Waals surface area contributed by atoms with E-state index in [0.717, 1.165) is 32.4 Å². The Bertz CT molecular complexity index is 875. The van der Waals surface area contributed by atoms with E-state index >= 15 is 0 Å². The summed E-state index contributed by atoms with van der Waals surface area (Å²) in [6.07, 6.45) is 11.8. The van der Waals surface area contributed by atoms with Crippen molar-refractivity contribution in [3.8, 4) is 5.75 Å². The highest BCUT2D eigenvalue weighted by Crippen LogP contribution is 2.31. The van der Waals surface area contributed by atoms with Crippen LogP contribution < -0.4 is 0 Å². The summed E-state index contributed by atoms with van der Waals surface area (Å²) in [6, 6.07) is 2.83. The number of aliphatic hydroxyl groups is 1. The van der Waals surface area contributed by atoms with Gasteiger partial charge < -0.3 is 25.3 Å². The van der Waals surface area contributed by atoms with E-state index in [1.807, 2.05) is 12.2 Å². The normalized spacial score (nSPS) is 21.5. The van der Waals surface area contributed by atoms with Crippen molar-refractivity contribution in [1.29, 1.82) is 5.41 Å². The Morgan fingerprint density at radius 1 is 1.25 bits per heavy atom. The summed E-state index contributed by atoms with van der Waals surface area (Å²) in [6.45, 7) is 3.57. The average Bonchev–Trinajstić information content (AvgIpc) is 2.80. The second kappa shape index (κ2) is 13.0. The molecule has 8 heteroatoms. The number of piperidine rings is 1. The Kier molecular flexibility index (Phi) is 10.4. The van der Waals surface area contributed by atoms with E-state index in [4.69, 9.17) is 26.9 Å². The number of aliphatic hydroxyl groups excluding tert-OH is 1. The fourth-order valence-corrected chi connectivity index (χ4v) is 3.69. The molecule has 0 bridgehead atoms. The molecule has 0 radical (unpaired) electrons. The summed E-state index contributed by atoms with van der Waals surface area (Å²) in [4.78, 5) is 24.7. The zero-order valence-electron chi connectivity index (χ0n) is 18.3. The van der Waals surface area contributed by atoms with Crippen LogP contribution in [0, 0.1) is 11.3 Å². The minimum absolute atomic E-state index is 0.0892. The van der Waals surface area contributed by atoms with Gasteiger partial charge in [0.25, 0.3) is 0 Å². The summed E-state index contributed by atoms with van der Waals surface area (Å²) < 4.78 is 5.20. The number of allylic oxidation sites excluding steroid dienone is 3. The first-order valence-corrected chi connectivity index (χ1v) is 11.2. The van der Waals surface area contributed by atoms with Crippen molar-refractivity contribution in [3.05, 3.63) is 52.6 Å². The van der Waals surface area contributed by atoms with Gasteiger partial charge in [0.1, 0.15) is 19.0 Å². The van der Waals surface area contributed by atoms with Crippen LogP contribution in [0.2, 0.25) is 5.02 Å². The standard InChI is InChI=1S/C17H18ClNO3.C7H13NO2/c1-11-4-2-6-12(19)10-14-13(7-8-15(20)16(14)18)17(21)22-9-3-5-11;9-6-7(10)8-4-2-1-3-5-8/h2-3,5-8,11,19-20H,4,9-10H2,1H3;9H,1-6H2/b5-3+,6-2+,19-12?;. The van der Waals surface area contributed by atoms with Crippen LogP contribution in [0.25, 0.3) is 0 Å². The lowest BCUT2D eigenvalue weighted by Gasteiger charge is -2.25. The van der Waals surface area contributed by atoms with E-state index in [1.54, 1.807) is 17.1 Å². The number of phenols is 1. The molecule has 1 aromatic rings. The fourth-order valence-electron chi connectivity index (χ4n) is 3.46. The van der Waals surface area contributed by atoms with Crippen molar-refractivity contribution >= 4 is 29.2 Å². The van der Waals surface area contributed by atoms with Gasteiger partial charge in [-0.05, 0) is 55.4 Å². The highest BCUT2D eigenvalue weighted by molar-refractivity contribution is 6.33. The Morgan fingerprint density at radius 2 is 1.97 bits per heavy atom. The van der Waals surface area contributed by atoms with Crippen LogP contribution in [0.3, 0.4) is 0 Å². The third kappa shape index (κ3) is 7.80.